The highest BCUT2D eigenvalue weighted by molar-refractivity contribution is 7.85. The summed E-state index contributed by atoms with van der Waals surface area (Å²) in [5.74, 6) is -0.515. The number of aliphatic hydroxyl groups is 3. The lowest BCUT2D eigenvalue weighted by molar-refractivity contribution is -0.0542. The minimum Gasteiger partial charge on any atom is -0.394 e. The molecule has 1 aliphatic rings. The van der Waals surface area contributed by atoms with Crippen LogP contribution in [0.4, 0.5) is 0 Å². The summed E-state index contributed by atoms with van der Waals surface area (Å²) in [4.78, 5) is 14.3. The Morgan fingerprint density at radius 3 is 2.60 bits per heavy atom. The van der Waals surface area contributed by atoms with Crippen LogP contribution < -0.4 is 10.9 Å². The number of aliphatic hydroxyl groups excluding tert-OH is 3. The Labute approximate surface area is 147 Å². The van der Waals surface area contributed by atoms with Crippen molar-refractivity contribution in [3.8, 4) is 0 Å². The molecule has 6 N–H and O–H groups in total. The second-order valence-electron chi connectivity index (χ2n) is 5.51. The van der Waals surface area contributed by atoms with Crippen LogP contribution in [0, 0.1) is 4.77 Å². The Bertz CT molecular complexity index is 820. The number of hydrogen-bond acceptors (Lipinski definition) is 9. The molecule has 0 radical (unpaired) electrons. The first kappa shape index (κ1) is 20.1. The third-order valence-electron chi connectivity index (χ3n) is 3.69. The summed E-state index contributed by atoms with van der Waals surface area (Å²) in [6.45, 7) is -0.619. The van der Waals surface area contributed by atoms with Gasteiger partial charge in [0.1, 0.15) is 18.3 Å². The highest BCUT2D eigenvalue weighted by atomic mass is 32.2. The third kappa shape index (κ3) is 4.92. The molecule has 11 nitrogen and oxygen atoms in total. The summed E-state index contributed by atoms with van der Waals surface area (Å²) >= 11 is 5.03. The van der Waals surface area contributed by atoms with E-state index < -0.39 is 52.6 Å². The molecular weight excluding hydrogens is 378 g/mol. The van der Waals surface area contributed by atoms with E-state index in [1.807, 2.05) is 0 Å². The normalized spacial score (nSPS) is 26.9. The number of hydrogen-bond donors (Lipinski definition) is 6. The minimum atomic E-state index is -4.11. The zero-order chi connectivity index (χ0) is 18.8. The largest absolute Gasteiger partial charge is 0.394 e. The second kappa shape index (κ2) is 8.01. The van der Waals surface area contributed by atoms with Crippen LogP contribution in [-0.4, -0.2) is 75.1 Å². The van der Waals surface area contributed by atoms with E-state index in [4.69, 9.17) is 26.6 Å². The molecule has 0 amide bonds. The maximum atomic E-state index is 11.9. The zero-order valence-electron chi connectivity index (χ0n) is 12.9. The van der Waals surface area contributed by atoms with Crippen LogP contribution >= 0.6 is 12.2 Å². The minimum absolute atomic E-state index is 0.0325. The summed E-state index contributed by atoms with van der Waals surface area (Å²) in [5, 5.41) is 31.7. The van der Waals surface area contributed by atoms with Crippen LogP contribution in [0.25, 0.3) is 0 Å². The van der Waals surface area contributed by atoms with Crippen molar-refractivity contribution in [3.63, 3.8) is 0 Å². The molecular formula is C12H19N3O8S2. The van der Waals surface area contributed by atoms with Crippen LogP contribution in [0.1, 0.15) is 11.8 Å². The highest BCUT2D eigenvalue weighted by Crippen LogP contribution is 2.29. The van der Waals surface area contributed by atoms with Gasteiger partial charge in [-0.15, -0.1) is 0 Å². The SMILES string of the molecule is O=c1[nH]c(=S)n([C@@H]2O[C@H](CO)[C@H](O)[C@@H]2O)cc1CNCCS(=O)(=O)O. The topological polar surface area (TPSA) is 174 Å². The number of nitrogens with one attached hydrogen (secondary N) is 2. The summed E-state index contributed by atoms with van der Waals surface area (Å²) in [7, 11) is -4.11. The summed E-state index contributed by atoms with van der Waals surface area (Å²) < 4.78 is 36.5. The fraction of sp³-hybridized carbons (Fsp3) is 0.667. The Hall–Kier alpha value is -1.19. The lowest BCUT2D eigenvalue weighted by Gasteiger charge is -2.19. The molecule has 0 aromatic carbocycles. The quantitative estimate of drug-likeness (QED) is 0.164. The molecule has 13 heteroatoms. The van der Waals surface area contributed by atoms with Gasteiger partial charge in [0.2, 0.25) is 0 Å². The van der Waals surface area contributed by atoms with Gasteiger partial charge >= 0.3 is 0 Å². The van der Waals surface area contributed by atoms with Crippen molar-refractivity contribution in [2.45, 2.75) is 31.1 Å². The van der Waals surface area contributed by atoms with E-state index in [1.165, 1.54) is 10.8 Å². The molecule has 0 aliphatic carbocycles. The maximum absolute atomic E-state index is 11.9. The van der Waals surface area contributed by atoms with E-state index in [2.05, 4.69) is 10.3 Å². The molecule has 1 aliphatic heterocycles. The molecule has 1 aromatic rings. The van der Waals surface area contributed by atoms with Gasteiger partial charge in [-0.1, -0.05) is 0 Å². The third-order valence-corrected chi connectivity index (χ3v) is 4.72. The molecule has 1 aromatic heterocycles. The average Bonchev–Trinajstić information content (AvgIpc) is 2.80. The van der Waals surface area contributed by atoms with Gasteiger partial charge in [-0.3, -0.25) is 18.9 Å². The Morgan fingerprint density at radius 1 is 1.36 bits per heavy atom. The summed E-state index contributed by atoms with van der Waals surface area (Å²) in [5.41, 5.74) is -0.353. The van der Waals surface area contributed by atoms with Crippen molar-refractivity contribution in [2.24, 2.45) is 0 Å². The summed E-state index contributed by atoms with van der Waals surface area (Å²) in [6, 6.07) is 0. The maximum Gasteiger partial charge on any atom is 0.266 e. The number of H-pyrrole nitrogens is 1. The van der Waals surface area contributed by atoms with Gasteiger partial charge < -0.3 is 25.4 Å². The smallest absolute Gasteiger partial charge is 0.266 e. The second-order valence-corrected chi connectivity index (χ2v) is 7.47. The van der Waals surface area contributed by atoms with Crippen LogP contribution in [0.2, 0.25) is 0 Å². The highest BCUT2D eigenvalue weighted by Gasteiger charge is 2.43. The number of nitrogens with zero attached hydrogens (tertiary/aromatic N) is 1. The molecule has 4 atom stereocenters. The number of rotatable bonds is 7. The Morgan fingerprint density at radius 2 is 2.04 bits per heavy atom. The first-order valence-electron chi connectivity index (χ1n) is 7.26. The first-order valence-corrected chi connectivity index (χ1v) is 9.28. The van der Waals surface area contributed by atoms with E-state index >= 15 is 0 Å². The fourth-order valence-electron chi connectivity index (χ4n) is 2.38. The molecule has 1 saturated heterocycles. The zero-order valence-corrected chi connectivity index (χ0v) is 14.5. The van der Waals surface area contributed by atoms with Gasteiger partial charge in [0, 0.05) is 24.8 Å². The predicted octanol–water partition coefficient (Wildman–Crippen LogP) is -2.51. The number of aromatic nitrogens is 2. The van der Waals surface area contributed by atoms with Crippen molar-refractivity contribution >= 4 is 22.3 Å². The molecule has 2 rings (SSSR count). The van der Waals surface area contributed by atoms with Gasteiger partial charge in [0.25, 0.3) is 15.7 Å². The first-order chi connectivity index (χ1) is 11.6. The molecule has 0 saturated carbocycles. The molecule has 0 spiro atoms. The average molecular weight is 397 g/mol. The van der Waals surface area contributed by atoms with E-state index in [0.717, 1.165) is 0 Å². The molecule has 1 fully saturated rings. The van der Waals surface area contributed by atoms with Crippen LogP contribution in [0.5, 0.6) is 0 Å². The fourth-order valence-corrected chi connectivity index (χ4v) is 3.03. The van der Waals surface area contributed by atoms with E-state index in [9.17, 15) is 23.4 Å². The Balaban J connectivity index is 2.18. The van der Waals surface area contributed by atoms with Gasteiger partial charge in [0.05, 0.1) is 12.4 Å². The van der Waals surface area contributed by atoms with Crippen LogP contribution in [0.3, 0.4) is 0 Å². The van der Waals surface area contributed by atoms with Gasteiger partial charge in [-0.05, 0) is 12.2 Å². The number of aromatic amines is 1. The van der Waals surface area contributed by atoms with E-state index in [-0.39, 0.29) is 23.4 Å². The van der Waals surface area contributed by atoms with Crippen LogP contribution in [-0.2, 0) is 21.4 Å². The lowest BCUT2D eigenvalue weighted by atomic mass is 10.1. The van der Waals surface area contributed by atoms with Crippen molar-refractivity contribution in [2.75, 3.05) is 18.9 Å². The van der Waals surface area contributed by atoms with Crippen molar-refractivity contribution in [3.05, 3.63) is 26.9 Å². The van der Waals surface area contributed by atoms with Crippen molar-refractivity contribution in [1.82, 2.24) is 14.9 Å². The van der Waals surface area contributed by atoms with Gasteiger partial charge in [-0.25, -0.2) is 0 Å². The van der Waals surface area contributed by atoms with Crippen molar-refractivity contribution in [1.29, 1.82) is 0 Å². The molecule has 2 heterocycles. The Kier molecular flexibility index (Phi) is 6.45. The van der Waals surface area contributed by atoms with E-state index in [1.54, 1.807) is 0 Å². The standard InChI is InChI=1S/C12H19N3O8S2/c16-5-7-8(17)9(18)11(23-7)15-4-6(10(19)14-12(15)24)3-13-1-2-25(20,21)22/h4,7-9,11,13,16-18H,1-3,5H2,(H,14,19,24)(H,20,21,22)/t7-,8+,9+,11-/m1/s1. The predicted molar refractivity (Wildman–Crippen MR) is 87.0 cm³/mol. The number of ether oxygens (including phenoxy) is 1. The van der Waals surface area contributed by atoms with Crippen molar-refractivity contribution < 1.29 is 33.0 Å². The van der Waals surface area contributed by atoms with Crippen LogP contribution in [0.15, 0.2) is 11.0 Å². The molecule has 142 valence electrons. The molecule has 0 unspecified atom stereocenters. The van der Waals surface area contributed by atoms with Gasteiger partial charge in [0.15, 0.2) is 11.0 Å². The lowest BCUT2D eigenvalue weighted by Crippen LogP contribution is -2.34. The molecule has 0 bridgehead atoms. The monoisotopic (exact) mass is 397 g/mol. The molecule has 25 heavy (non-hydrogen) atoms. The van der Waals surface area contributed by atoms with E-state index in [0.29, 0.717) is 0 Å². The van der Waals surface area contributed by atoms with Gasteiger partial charge in [-0.2, -0.15) is 8.42 Å². The summed E-state index contributed by atoms with van der Waals surface area (Å²) in [6.07, 6.45) is -3.48.